The Labute approximate surface area is 168 Å². The maximum absolute atomic E-state index is 13.0. The highest BCUT2D eigenvalue weighted by molar-refractivity contribution is 6.25. The molecule has 0 amide bonds. The average Bonchev–Trinajstić information content (AvgIpc) is 2.80. The van der Waals surface area contributed by atoms with E-state index in [2.05, 4.69) is 72.8 Å². The van der Waals surface area contributed by atoms with Crippen molar-refractivity contribution in [3.63, 3.8) is 0 Å². The monoisotopic (exact) mass is 374 g/mol. The molecular weight excluding hydrogens is 355 g/mol. The highest BCUT2D eigenvalue weighted by atomic mass is 19.1. The number of rotatable bonds is 0. The molecule has 0 fully saturated rings. The zero-order valence-corrected chi connectivity index (χ0v) is 15.8. The molecule has 0 spiro atoms. The van der Waals surface area contributed by atoms with Gasteiger partial charge in [-0.1, -0.05) is 109 Å². The molecule has 0 aliphatic rings. The van der Waals surface area contributed by atoms with Gasteiger partial charge in [-0.3, -0.25) is 0 Å². The van der Waals surface area contributed by atoms with Crippen molar-refractivity contribution in [3.05, 3.63) is 121 Å². The van der Waals surface area contributed by atoms with Crippen LogP contribution < -0.4 is 0 Å². The lowest BCUT2D eigenvalue weighted by atomic mass is 9.95. The van der Waals surface area contributed by atoms with E-state index < -0.39 is 0 Å². The molecule has 0 unspecified atom stereocenters. The highest BCUT2D eigenvalue weighted by Crippen LogP contribution is 2.34. The van der Waals surface area contributed by atoms with Crippen molar-refractivity contribution in [2.75, 3.05) is 0 Å². The minimum atomic E-state index is -0.150. The summed E-state index contributed by atoms with van der Waals surface area (Å²) in [4.78, 5) is 0. The summed E-state index contributed by atoms with van der Waals surface area (Å²) in [6, 6.07) is 38.5. The summed E-state index contributed by atoms with van der Waals surface area (Å²) in [5, 5.41) is 9.68. The SMILES string of the molecule is Fc1cccc2ccccc12.c1ccc2c(c1)c1ccccc1c1ccccc21. The van der Waals surface area contributed by atoms with Crippen molar-refractivity contribution in [2.24, 2.45) is 0 Å². The molecule has 138 valence electrons. The summed E-state index contributed by atoms with van der Waals surface area (Å²) in [6.45, 7) is 0. The van der Waals surface area contributed by atoms with Crippen LogP contribution in [0.15, 0.2) is 115 Å². The predicted octanol–water partition coefficient (Wildman–Crippen LogP) is 8.13. The van der Waals surface area contributed by atoms with Crippen molar-refractivity contribution in [1.29, 1.82) is 0 Å². The van der Waals surface area contributed by atoms with Gasteiger partial charge < -0.3 is 0 Å². The molecule has 0 nitrogen and oxygen atoms in total. The first-order chi connectivity index (χ1) is 14.3. The first kappa shape index (κ1) is 17.4. The van der Waals surface area contributed by atoms with Crippen molar-refractivity contribution in [1.82, 2.24) is 0 Å². The normalized spacial score (nSPS) is 10.9. The molecule has 0 heterocycles. The van der Waals surface area contributed by atoms with E-state index in [1.54, 1.807) is 12.1 Å². The van der Waals surface area contributed by atoms with E-state index in [4.69, 9.17) is 0 Å². The maximum Gasteiger partial charge on any atom is 0.131 e. The molecule has 0 bridgehead atoms. The number of benzene rings is 6. The van der Waals surface area contributed by atoms with Crippen molar-refractivity contribution >= 4 is 43.1 Å². The highest BCUT2D eigenvalue weighted by Gasteiger charge is 2.06. The van der Waals surface area contributed by atoms with Crippen LogP contribution in [-0.2, 0) is 0 Å². The van der Waals surface area contributed by atoms with Gasteiger partial charge in [0.15, 0.2) is 0 Å². The summed E-state index contributed by atoms with van der Waals surface area (Å²) in [7, 11) is 0. The van der Waals surface area contributed by atoms with Crippen LogP contribution in [0.3, 0.4) is 0 Å². The minimum Gasteiger partial charge on any atom is -0.206 e. The summed E-state index contributed by atoms with van der Waals surface area (Å²) in [6.07, 6.45) is 0. The molecule has 6 aromatic carbocycles. The van der Waals surface area contributed by atoms with E-state index >= 15 is 0 Å². The van der Waals surface area contributed by atoms with Gasteiger partial charge in [0.1, 0.15) is 5.82 Å². The van der Waals surface area contributed by atoms with Crippen LogP contribution in [0.2, 0.25) is 0 Å². The summed E-state index contributed by atoms with van der Waals surface area (Å²) in [5.74, 6) is -0.150. The molecule has 0 aromatic heterocycles. The lowest BCUT2D eigenvalue weighted by molar-refractivity contribution is 0.640. The van der Waals surface area contributed by atoms with Gasteiger partial charge in [0, 0.05) is 5.39 Å². The second-order valence-corrected chi connectivity index (χ2v) is 7.10. The molecule has 0 radical (unpaired) electrons. The fourth-order valence-corrected chi connectivity index (χ4v) is 4.04. The first-order valence-electron chi connectivity index (χ1n) is 9.74. The average molecular weight is 374 g/mol. The van der Waals surface area contributed by atoms with E-state index in [-0.39, 0.29) is 5.82 Å². The molecule has 0 saturated carbocycles. The van der Waals surface area contributed by atoms with E-state index in [1.807, 2.05) is 24.3 Å². The van der Waals surface area contributed by atoms with Crippen molar-refractivity contribution < 1.29 is 4.39 Å². The van der Waals surface area contributed by atoms with Crippen LogP contribution in [0.1, 0.15) is 0 Å². The molecule has 0 aliphatic carbocycles. The smallest absolute Gasteiger partial charge is 0.131 e. The molecule has 6 aromatic rings. The van der Waals surface area contributed by atoms with Gasteiger partial charge in [-0.05, 0) is 43.8 Å². The van der Waals surface area contributed by atoms with Gasteiger partial charge in [-0.2, -0.15) is 0 Å². The number of hydrogen-bond acceptors (Lipinski definition) is 0. The number of fused-ring (bicyclic) bond motifs is 7. The van der Waals surface area contributed by atoms with Gasteiger partial charge in [0.25, 0.3) is 0 Å². The fraction of sp³-hybridized carbons (Fsp3) is 0. The van der Waals surface area contributed by atoms with Crippen LogP contribution in [0.25, 0.3) is 43.1 Å². The van der Waals surface area contributed by atoms with Crippen LogP contribution in [0, 0.1) is 5.82 Å². The van der Waals surface area contributed by atoms with Crippen LogP contribution in [0.4, 0.5) is 4.39 Å². The standard InChI is InChI=1S/C18H12.C10H7F/c1-2-8-14-13(7-1)15-9-3-4-11-17(15)18-12-6-5-10-16(14)18;11-10-7-3-5-8-4-1-2-6-9(8)10/h1-12H;1-7H. The Bertz CT molecular complexity index is 1240. The first-order valence-corrected chi connectivity index (χ1v) is 9.74. The van der Waals surface area contributed by atoms with E-state index in [9.17, 15) is 4.39 Å². The third-order valence-corrected chi connectivity index (χ3v) is 5.39. The van der Waals surface area contributed by atoms with Gasteiger partial charge in [0.05, 0.1) is 0 Å². The van der Waals surface area contributed by atoms with Crippen LogP contribution in [-0.4, -0.2) is 0 Å². The van der Waals surface area contributed by atoms with E-state index in [0.29, 0.717) is 5.39 Å². The molecule has 0 saturated heterocycles. The lowest BCUT2D eigenvalue weighted by Crippen LogP contribution is -1.81. The molecule has 1 heteroatoms. The topological polar surface area (TPSA) is 0 Å². The van der Waals surface area contributed by atoms with E-state index in [1.165, 1.54) is 38.4 Å². The third kappa shape index (κ3) is 3.11. The third-order valence-electron chi connectivity index (χ3n) is 5.39. The Balaban J connectivity index is 0.000000142. The molecule has 29 heavy (non-hydrogen) atoms. The predicted molar refractivity (Wildman–Crippen MR) is 123 cm³/mol. The van der Waals surface area contributed by atoms with Gasteiger partial charge in [0.2, 0.25) is 0 Å². The van der Waals surface area contributed by atoms with Crippen LogP contribution in [0.5, 0.6) is 0 Å². The number of halogens is 1. The second-order valence-electron chi connectivity index (χ2n) is 7.10. The minimum absolute atomic E-state index is 0.150. The molecular formula is C28H19F. The second kappa shape index (κ2) is 7.37. The van der Waals surface area contributed by atoms with Crippen molar-refractivity contribution in [2.45, 2.75) is 0 Å². The van der Waals surface area contributed by atoms with Crippen molar-refractivity contribution in [3.8, 4) is 0 Å². The van der Waals surface area contributed by atoms with Gasteiger partial charge in [-0.25, -0.2) is 4.39 Å². The Morgan fingerprint density at radius 3 is 1.00 bits per heavy atom. The summed E-state index contributed by atoms with van der Waals surface area (Å²) in [5.41, 5.74) is 0. The van der Waals surface area contributed by atoms with Gasteiger partial charge in [-0.15, -0.1) is 0 Å². The van der Waals surface area contributed by atoms with Crippen LogP contribution >= 0.6 is 0 Å². The number of hydrogen-bond donors (Lipinski definition) is 0. The molecule has 0 aliphatic heterocycles. The Kier molecular flexibility index (Phi) is 4.42. The van der Waals surface area contributed by atoms with E-state index in [0.717, 1.165) is 5.39 Å². The Morgan fingerprint density at radius 1 is 0.310 bits per heavy atom. The lowest BCUT2D eigenvalue weighted by Gasteiger charge is -2.09. The largest absolute Gasteiger partial charge is 0.206 e. The molecule has 0 N–H and O–H groups in total. The summed E-state index contributed by atoms with van der Waals surface area (Å²) < 4.78 is 13.0. The Morgan fingerprint density at radius 2 is 0.621 bits per heavy atom. The molecule has 6 rings (SSSR count). The summed E-state index contributed by atoms with van der Waals surface area (Å²) >= 11 is 0. The molecule has 0 atom stereocenters. The maximum atomic E-state index is 13.0. The zero-order valence-electron chi connectivity index (χ0n) is 15.8. The zero-order chi connectivity index (χ0) is 19.6. The fourth-order valence-electron chi connectivity index (χ4n) is 4.04. The quantitative estimate of drug-likeness (QED) is 0.235. The van der Waals surface area contributed by atoms with Gasteiger partial charge >= 0.3 is 0 Å². The Hall–Kier alpha value is -3.71.